The highest BCUT2D eigenvalue weighted by Gasteiger charge is 2.24. The van der Waals surface area contributed by atoms with Crippen molar-refractivity contribution in [3.05, 3.63) is 36.0 Å². The van der Waals surface area contributed by atoms with E-state index in [4.69, 9.17) is 4.74 Å². The number of nitrogens with one attached hydrogen (secondary N) is 2. The zero-order valence-corrected chi connectivity index (χ0v) is 16.1. The van der Waals surface area contributed by atoms with Crippen LogP contribution in [-0.2, 0) is 4.79 Å². The summed E-state index contributed by atoms with van der Waals surface area (Å²) in [5.41, 5.74) is 3.68. The first-order chi connectivity index (χ1) is 12.5. The van der Waals surface area contributed by atoms with Gasteiger partial charge < -0.3 is 15.0 Å². The van der Waals surface area contributed by atoms with Crippen LogP contribution in [0.4, 0.5) is 0 Å². The SMILES string of the molecule is CC[C@H](C)NC(=O)[C@@H](C)N1CC=C(c2c[nH]c3ccc(OC)cc23)CC1. The van der Waals surface area contributed by atoms with Gasteiger partial charge >= 0.3 is 0 Å². The molecule has 5 heteroatoms. The summed E-state index contributed by atoms with van der Waals surface area (Å²) in [7, 11) is 1.69. The van der Waals surface area contributed by atoms with Gasteiger partial charge in [0.05, 0.1) is 13.2 Å². The molecule has 0 aliphatic carbocycles. The Morgan fingerprint density at radius 2 is 2.19 bits per heavy atom. The number of carbonyl (C=O) groups is 1. The molecule has 1 amide bonds. The number of ether oxygens (including phenoxy) is 1. The van der Waals surface area contributed by atoms with Crippen molar-refractivity contribution in [3.8, 4) is 5.75 Å². The van der Waals surface area contributed by atoms with Crippen LogP contribution in [0.1, 0.15) is 39.2 Å². The van der Waals surface area contributed by atoms with E-state index in [0.29, 0.717) is 0 Å². The Morgan fingerprint density at radius 1 is 1.38 bits per heavy atom. The Hall–Kier alpha value is -2.27. The third-order valence-electron chi connectivity index (χ3n) is 5.40. The molecule has 26 heavy (non-hydrogen) atoms. The van der Waals surface area contributed by atoms with E-state index in [0.717, 1.165) is 37.2 Å². The fourth-order valence-electron chi connectivity index (χ4n) is 3.40. The third-order valence-corrected chi connectivity index (χ3v) is 5.40. The van der Waals surface area contributed by atoms with Gasteiger partial charge in [-0.25, -0.2) is 0 Å². The van der Waals surface area contributed by atoms with Crippen molar-refractivity contribution in [3.63, 3.8) is 0 Å². The first-order valence-electron chi connectivity index (χ1n) is 9.42. The average Bonchev–Trinajstić information content (AvgIpc) is 3.10. The normalized spacial score (nSPS) is 17.6. The number of aromatic amines is 1. The molecule has 1 aromatic heterocycles. The number of methoxy groups -OCH3 is 1. The molecule has 0 saturated carbocycles. The van der Waals surface area contributed by atoms with Gasteiger partial charge in [0.25, 0.3) is 0 Å². The molecule has 5 nitrogen and oxygen atoms in total. The molecule has 0 radical (unpaired) electrons. The number of fused-ring (bicyclic) bond motifs is 1. The maximum atomic E-state index is 12.4. The number of hydrogen-bond acceptors (Lipinski definition) is 3. The summed E-state index contributed by atoms with van der Waals surface area (Å²) in [6.45, 7) is 7.80. The van der Waals surface area contributed by atoms with Gasteiger partial charge in [0.2, 0.25) is 5.91 Å². The number of rotatable bonds is 6. The lowest BCUT2D eigenvalue weighted by atomic mass is 9.98. The fraction of sp³-hybridized carbons (Fsp3) is 0.476. The highest BCUT2D eigenvalue weighted by atomic mass is 16.5. The first kappa shape index (κ1) is 18.5. The number of benzene rings is 1. The van der Waals surface area contributed by atoms with E-state index in [9.17, 15) is 4.79 Å². The highest BCUT2D eigenvalue weighted by molar-refractivity contribution is 5.93. The van der Waals surface area contributed by atoms with Gasteiger partial charge in [-0.2, -0.15) is 0 Å². The monoisotopic (exact) mass is 355 g/mol. The van der Waals surface area contributed by atoms with E-state index in [2.05, 4.69) is 46.5 Å². The quantitative estimate of drug-likeness (QED) is 0.833. The molecule has 2 atom stereocenters. The molecule has 140 valence electrons. The first-order valence-corrected chi connectivity index (χ1v) is 9.42. The third kappa shape index (κ3) is 3.78. The summed E-state index contributed by atoms with van der Waals surface area (Å²) < 4.78 is 5.36. The fourth-order valence-corrected chi connectivity index (χ4v) is 3.40. The topological polar surface area (TPSA) is 57.4 Å². The van der Waals surface area contributed by atoms with Gasteiger partial charge in [-0.1, -0.05) is 13.0 Å². The van der Waals surface area contributed by atoms with Crippen LogP contribution in [0.25, 0.3) is 16.5 Å². The van der Waals surface area contributed by atoms with Crippen LogP contribution in [0.3, 0.4) is 0 Å². The molecule has 2 N–H and O–H groups in total. The van der Waals surface area contributed by atoms with Crippen LogP contribution >= 0.6 is 0 Å². The van der Waals surface area contributed by atoms with E-state index < -0.39 is 0 Å². The molecular weight excluding hydrogens is 326 g/mol. The molecule has 0 bridgehead atoms. The minimum atomic E-state index is -0.107. The summed E-state index contributed by atoms with van der Waals surface area (Å²) in [6.07, 6.45) is 6.21. The zero-order chi connectivity index (χ0) is 18.7. The van der Waals surface area contributed by atoms with Crippen LogP contribution in [0.2, 0.25) is 0 Å². The van der Waals surface area contributed by atoms with Crippen LogP contribution < -0.4 is 10.1 Å². The van der Waals surface area contributed by atoms with Gasteiger partial charge in [-0.3, -0.25) is 9.69 Å². The number of carbonyl (C=O) groups excluding carboxylic acids is 1. The van der Waals surface area contributed by atoms with Gasteiger partial charge in [-0.15, -0.1) is 0 Å². The Kier molecular flexibility index (Phi) is 5.67. The van der Waals surface area contributed by atoms with Crippen molar-refractivity contribution in [1.29, 1.82) is 0 Å². The molecule has 0 spiro atoms. The summed E-state index contributed by atoms with van der Waals surface area (Å²) in [5, 5.41) is 4.27. The number of H-pyrrole nitrogens is 1. The molecule has 1 aliphatic rings. The van der Waals surface area contributed by atoms with Crippen molar-refractivity contribution in [1.82, 2.24) is 15.2 Å². The summed E-state index contributed by atoms with van der Waals surface area (Å²) >= 11 is 0. The second-order valence-corrected chi connectivity index (χ2v) is 7.08. The number of amides is 1. The van der Waals surface area contributed by atoms with Crippen molar-refractivity contribution >= 4 is 22.4 Å². The second-order valence-electron chi connectivity index (χ2n) is 7.08. The number of aromatic nitrogens is 1. The van der Waals surface area contributed by atoms with E-state index in [1.165, 1.54) is 16.5 Å². The lowest BCUT2D eigenvalue weighted by Gasteiger charge is -2.31. The Labute approximate surface area is 155 Å². The molecule has 2 heterocycles. The van der Waals surface area contributed by atoms with Gasteiger partial charge in [0, 0.05) is 41.8 Å². The molecule has 0 saturated heterocycles. The van der Waals surface area contributed by atoms with Crippen LogP contribution in [0.15, 0.2) is 30.5 Å². The minimum Gasteiger partial charge on any atom is -0.497 e. The van der Waals surface area contributed by atoms with E-state index in [-0.39, 0.29) is 18.0 Å². The molecule has 3 rings (SSSR count). The van der Waals surface area contributed by atoms with Crippen molar-refractivity contribution in [2.45, 2.75) is 45.7 Å². The number of hydrogen-bond donors (Lipinski definition) is 2. The Balaban J connectivity index is 1.73. The maximum Gasteiger partial charge on any atom is 0.237 e. The number of nitrogens with zero attached hydrogens (tertiary/aromatic N) is 1. The predicted molar refractivity (Wildman–Crippen MR) is 106 cm³/mol. The van der Waals surface area contributed by atoms with Crippen LogP contribution in [-0.4, -0.2) is 48.1 Å². The zero-order valence-electron chi connectivity index (χ0n) is 16.1. The van der Waals surface area contributed by atoms with E-state index >= 15 is 0 Å². The summed E-state index contributed by atoms with van der Waals surface area (Å²) in [6, 6.07) is 6.22. The van der Waals surface area contributed by atoms with Crippen LogP contribution in [0.5, 0.6) is 5.75 Å². The lowest BCUT2D eigenvalue weighted by Crippen LogP contribution is -2.48. The van der Waals surface area contributed by atoms with Crippen molar-refractivity contribution < 1.29 is 9.53 Å². The lowest BCUT2D eigenvalue weighted by molar-refractivity contribution is -0.126. The minimum absolute atomic E-state index is 0.107. The Morgan fingerprint density at radius 3 is 2.85 bits per heavy atom. The average molecular weight is 355 g/mol. The molecular formula is C21H29N3O2. The van der Waals surface area contributed by atoms with Gasteiger partial charge in [-0.05, 0) is 50.5 Å². The standard InChI is InChI=1S/C21H29N3O2/c1-5-14(2)23-21(25)15(3)24-10-8-16(9-11-24)19-13-22-20-7-6-17(26-4)12-18(19)20/h6-8,12-15,22H,5,9-11H2,1-4H3,(H,23,25)/t14-,15+/m0/s1. The van der Waals surface area contributed by atoms with Crippen LogP contribution in [0, 0.1) is 0 Å². The second kappa shape index (κ2) is 7.96. The molecule has 1 aromatic carbocycles. The molecule has 0 unspecified atom stereocenters. The van der Waals surface area contributed by atoms with Crippen molar-refractivity contribution in [2.24, 2.45) is 0 Å². The molecule has 1 aliphatic heterocycles. The van der Waals surface area contributed by atoms with Gasteiger partial charge in [0.1, 0.15) is 5.75 Å². The smallest absolute Gasteiger partial charge is 0.237 e. The van der Waals surface area contributed by atoms with Crippen molar-refractivity contribution in [2.75, 3.05) is 20.2 Å². The predicted octanol–water partition coefficient (Wildman–Crippen LogP) is 3.57. The summed E-state index contributed by atoms with van der Waals surface area (Å²) in [5.74, 6) is 0.986. The molecule has 0 fully saturated rings. The van der Waals surface area contributed by atoms with Gasteiger partial charge in [0.15, 0.2) is 0 Å². The maximum absolute atomic E-state index is 12.4. The largest absolute Gasteiger partial charge is 0.497 e. The highest BCUT2D eigenvalue weighted by Crippen LogP contribution is 2.31. The van der Waals surface area contributed by atoms with E-state index in [1.807, 2.05) is 19.9 Å². The Bertz CT molecular complexity index is 809. The summed E-state index contributed by atoms with van der Waals surface area (Å²) in [4.78, 5) is 18.0. The molecule has 2 aromatic rings. The van der Waals surface area contributed by atoms with E-state index in [1.54, 1.807) is 7.11 Å².